The molecule has 0 saturated carbocycles. The Labute approximate surface area is 77.8 Å². The molecule has 13 heavy (non-hydrogen) atoms. The Kier molecular flexibility index (Phi) is 2.72. The average Bonchev–Trinajstić information content (AvgIpc) is 2.09. The Morgan fingerprint density at radius 3 is 2.31 bits per heavy atom. The lowest BCUT2D eigenvalue weighted by atomic mass is 10.2. The minimum atomic E-state index is -3.62. The molecule has 0 amide bonds. The summed E-state index contributed by atoms with van der Waals surface area (Å²) in [4.78, 5) is 0. The maximum Gasteiger partial charge on any atom is 0.331 e. The van der Waals surface area contributed by atoms with Crippen molar-refractivity contribution in [3.63, 3.8) is 0 Å². The van der Waals surface area contributed by atoms with Crippen molar-refractivity contribution < 1.29 is 12.6 Å². The lowest BCUT2D eigenvalue weighted by molar-refractivity contribution is 0.497. The quantitative estimate of drug-likeness (QED) is 0.696. The third-order valence-corrected chi connectivity index (χ3v) is 2.27. The van der Waals surface area contributed by atoms with Gasteiger partial charge in [0.15, 0.2) is 0 Å². The van der Waals surface area contributed by atoms with Crippen molar-refractivity contribution in [1.29, 1.82) is 0 Å². The van der Waals surface area contributed by atoms with Crippen LogP contribution in [0.2, 0.25) is 0 Å². The van der Waals surface area contributed by atoms with Gasteiger partial charge < -0.3 is 4.18 Å². The van der Waals surface area contributed by atoms with Gasteiger partial charge in [-0.2, -0.15) is 8.42 Å². The molecule has 0 N–H and O–H groups in total. The first-order chi connectivity index (χ1) is 6.03. The zero-order valence-electron chi connectivity index (χ0n) is 7.23. The number of hydrogen-bond donors (Lipinski definition) is 0. The smallest absolute Gasteiger partial charge is 0.331 e. The maximum atomic E-state index is 10.9. The summed E-state index contributed by atoms with van der Waals surface area (Å²) in [6, 6.07) is 6.73. The van der Waals surface area contributed by atoms with Crippen LogP contribution in [0.3, 0.4) is 0 Å². The van der Waals surface area contributed by atoms with Gasteiger partial charge in [0, 0.05) is 0 Å². The highest BCUT2D eigenvalue weighted by Crippen LogP contribution is 2.13. The van der Waals surface area contributed by atoms with E-state index in [1.807, 2.05) is 6.92 Å². The molecule has 1 aromatic rings. The number of benzene rings is 1. The van der Waals surface area contributed by atoms with Crippen molar-refractivity contribution in [3.8, 4) is 5.75 Å². The van der Waals surface area contributed by atoms with Gasteiger partial charge in [-0.25, -0.2) is 0 Å². The van der Waals surface area contributed by atoms with E-state index in [2.05, 4.69) is 10.8 Å². The zero-order chi connectivity index (χ0) is 9.90. The molecule has 0 heterocycles. The van der Waals surface area contributed by atoms with Gasteiger partial charge >= 0.3 is 10.1 Å². The minimum absolute atomic E-state index is 0.297. The van der Waals surface area contributed by atoms with E-state index in [4.69, 9.17) is 0 Å². The Hall–Kier alpha value is -1.29. The van der Waals surface area contributed by atoms with E-state index >= 15 is 0 Å². The second-order valence-corrected chi connectivity index (χ2v) is 4.04. The fourth-order valence-electron chi connectivity index (χ4n) is 0.762. The second kappa shape index (κ2) is 3.62. The lowest BCUT2D eigenvalue weighted by Crippen LogP contribution is -2.04. The normalized spacial score (nSPS) is 10.8. The molecule has 3 nitrogen and oxygen atoms in total. The summed E-state index contributed by atoms with van der Waals surface area (Å²) < 4.78 is 26.5. The highest BCUT2D eigenvalue weighted by molar-refractivity contribution is 7.90. The highest BCUT2D eigenvalue weighted by Gasteiger charge is 2.05. The molecule has 0 aliphatic heterocycles. The van der Waals surface area contributed by atoms with E-state index in [-0.39, 0.29) is 0 Å². The molecule has 4 heteroatoms. The molecule has 0 aliphatic carbocycles. The summed E-state index contributed by atoms with van der Waals surface area (Å²) in [5, 5.41) is 0.771. The predicted molar refractivity (Wildman–Crippen MR) is 50.9 cm³/mol. The van der Waals surface area contributed by atoms with Crippen LogP contribution in [0.4, 0.5) is 0 Å². The largest absolute Gasteiger partial charge is 0.379 e. The van der Waals surface area contributed by atoms with E-state index in [9.17, 15) is 8.42 Å². The molecular weight excluding hydrogens is 188 g/mol. The van der Waals surface area contributed by atoms with Gasteiger partial charge in [0.05, 0.1) is 5.41 Å². The van der Waals surface area contributed by atoms with Crippen molar-refractivity contribution in [2.45, 2.75) is 6.92 Å². The van der Waals surface area contributed by atoms with Crippen molar-refractivity contribution in [2.75, 3.05) is 0 Å². The fourth-order valence-corrected chi connectivity index (χ4v) is 1.21. The Morgan fingerprint density at radius 1 is 1.31 bits per heavy atom. The molecule has 70 valence electrons. The molecular formula is C9H10O3S. The Morgan fingerprint density at radius 2 is 1.85 bits per heavy atom. The van der Waals surface area contributed by atoms with Gasteiger partial charge in [0.1, 0.15) is 5.75 Å². The van der Waals surface area contributed by atoms with E-state index in [1.165, 1.54) is 0 Å². The molecule has 0 aromatic heterocycles. The maximum absolute atomic E-state index is 10.9. The van der Waals surface area contributed by atoms with Crippen LogP contribution >= 0.6 is 0 Å². The van der Waals surface area contributed by atoms with Gasteiger partial charge in [0.2, 0.25) is 0 Å². The monoisotopic (exact) mass is 198 g/mol. The SMILES string of the molecule is C=CS(=O)(=O)Oc1ccc(C)cc1. The second-order valence-electron chi connectivity index (χ2n) is 2.56. The third-order valence-electron chi connectivity index (χ3n) is 1.44. The standard InChI is InChI=1S/C9H10O3S/c1-3-13(10,11)12-9-6-4-8(2)5-7-9/h3-7H,1H2,2H3. The van der Waals surface area contributed by atoms with Gasteiger partial charge in [-0.1, -0.05) is 24.3 Å². The van der Waals surface area contributed by atoms with Gasteiger partial charge in [-0.15, -0.1) is 0 Å². The summed E-state index contributed by atoms with van der Waals surface area (Å²) >= 11 is 0. The molecule has 0 aliphatic rings. The van der Waals surface area contributed by atoms with Crippen molar-refractivity contribution >= 4 is 10.1 Å². The summed E-state index contributed by atoms with van der Waals surface area (Å²) in [7, 11) is -3.62. The zero-order valence-corrected chi connectivity index (χ0v) is 8.04. The van der Waals surface area contributed by atoms with Crippen LogP contribution in [0.1, 0.15) is 5.56 Å². The predicted octanol–water partition coefficient (Wildman–Crippen LogP) is 1.85. The average molecular weight is 198 g/mol. The molecule has 0 radical (unpaired) electrons. The molecule has 0 bridgehead atoms. The van der Waals surface area contributed by atoms with Crippen LogP contribution in [0.15, 0.2) is 36.3 Å². The Bertz CT molecular complexity index is 389. The van der Waals surface area contributed by atoms with E-state index in [0.29, 0.717) is 5.75 Å². The highest BCUT2D eigenvalue weighted by atomic mass is 32.2. The summed E-state index contributed by atoms with van der Waals surface area (Å²) in [6.45, 7) is 5.04. The van der Waals surface area contributed by atoms with Gasteiger partial charge in [-0.05, 0) is 19.1 Å². The van der Waals surface area contributed by atoms with Crippen LogP contribution in [0.5, 0.6) is 5.75 Å². The third kappa shape index (κ3) is 2.91. The number of hydrogen-bond acceptors (Lipinski definition) is 3. The van der Waals surface area contributed by atoms with Crippen LogP contribution in [-0.4, -0.2) is 8.42 Å². The molecule has 0 unspecified atom stereocenters. The summed E-state index contributed by atoms with van der Waals surface area (Å²) in [5.74, 6) is 0.297. The number of rotatable bonds is 3. The van der Waals surface area contributed by atoms with Crippen LogP contribution in [-0.2, 0) is 10.1 Å². The summed E-state index contributed by atoms with van der Waals surface area (Å²) in [6.07, 6.45) is 0. The van der Waals surface area contributed by atoms with Crippen molar-refractivity contribution in [1.82, 2.24) is 0 Å². The van der Waals surface area contributed by atoms with Crippen LogP contribution in [0.25, 0.3) is 0 Å². The fraction of sp³-hybridized carbons (Fsp3) is 0.111. The Balaban J connectivity index is 2.88. The first kappa shape index (κ1) is 9.80. The van der Waals surface area contributed by atoms with Crippen LogP contribution < -0.4 is 4.18 Å². The van der Waals surface area contributed by atoms with Gasteiger partial charge in [-0.3, -0.25) is 0 Å². The van der Waals surface area contributed by atoms with Gasteiger partial charge in [0.25, 0.3) is 0 Å². The molecule has 0 spiro atoms. The van der Waals surface area contributed by atoms with E-state index in [1.54, 1.807) is 24.3 Å². The molecule has 0 atom stereocenters. The summed E-state index contributed by atoms with van der Waals surface area (Å²) in [5.41, 5.74) is 1.04. The lowest BCUT2D eigenvalue weighted by Gasteiger charge is -2.02. The van der Waals surface area contributed by atoms with E-state index < -0.39 is 10.1 Å². The minimum Gasteiger partial charge on any atom is -0.379 e. The molecule has 0 saturated heterocycles. The van der Waals surface area contributed by atoms with E-state index in [0.717, 1.165) is 11.0 Å². The molecule has 0 fully saturated rings. The topological polar surface area (TPSA) is 43.4 Å². The molecule has 1 rings (SSSR count). The molecule has 1 aromatic carbocycles. The van der Waals surface area contributed by atoms with Crippen molar-refractivity contribution in [2.24, 2.45) is 0 Å². The van der Waals surface area contributed by atoms with Crippen LogP contribution in [0, 0.1) is 6.92 Å². The first-order valence-corrected chi connectivity index (χ1v) is 5.14. The first-order valence-electron chi connectivity index (χ1n) is 3.67. The number of aryl methyl sites for hydroxylation is 1. The van der Waals surface area contributed by atoms with Crippen molar-refractivity contribution in [3.05, 3.63) is 41.8 Å².